The molecule has 22 heavy (non-hydrogen) atoms. The lowest BCUT2D eigenvalue weighted by molar-refractivity contribution is -0.112. The minimum absolute atomic E-state index is 0.173. The minimum atomic E-state index is -0.282. The number of thioether (sulfide) groups is 1. The fourth-order valence-electron chi connectivity index (χ4n) is 2.42. The summed E-state index contributed by atoms with van der Waals surface area (Å²) in [6, 6.07) is 4.51. The average Bonchev–Trinajstić information content (AvgIpc) is 2.45. The van der Waals surface area contributed by atoms with Gasteiger partial charge in [0.2, 0.25) is 0 Å². The first-order valence-electron chi connectivity index (χ1n) is 7.43. The molecular weight excluding hydrogens is 297 g/mol. The number of carbonyl (C=O) groups is 1. The molecule has 1 atom stereocenters. The number of hydrogen-bond donors (Lipinski definition) is 1. The quantitative estimate of drug-likeness (QED) is 0.653. The van der Waals surface area contributed by atoms with E-state index in [0.717, 1.165) is 12.0 Å². The molecule has 0 saturated carbocycles. The zero-order valence-corrected chi connectivity index (χ0v) is 14.5. The topological polar surface area (TPSA) is 29.1 Å². The number of halogens is 1. The van der Waals surface area contributed by atoms with Crippen LogP contribution in [0, 0.1) is 11.7 Å². The Bertz CT molecular complexity index is 566. The Morgan fingerprint density at radius 2 is 2.09 bits per heavy atom. The van der Waals surface area contributed by atoms with Crippen LogP contribution in [0.2, 0.25) is 0 Å². The van der Waals surface area contributed by atoms with Gasteiger partial charge >= 0.3 is 0 Å². The van der Waals surface area contributed by atoms with Crippen LogP contribution in [0.15, 0.2) is 41.2 Å². The van der Waals surface area contributed by atoms with Gasteiger partial charge in [0, 0.05) is 5.69 Å². The third-order valence-electron chi connectivity index (χ3n) is 3.31. The molecule has 1 rings (SSSR count). The molecule has 0 bridgehead atoms. The summed E-state index contributed by atoms with van der Waals surface area (Å²) in [5.74, 6) is 0.198. The Balaban J connectivity index is 3.04. The lowest BCUT2D eigenvalue weighted by Gasteiger charge is -2.19. The molecule has 1 aromatic rings. The standard InChI is InChI=1S/C18H24FNOS/c1-6-17(22-7-2)18(21)20-16-9-8-14(19)11-15(16)13(5)10-12(3)4/h6-9,11-13H,2,10H2,1,3-5H3,(H,20,21)/b17-6+. The zero-order valence-electron chi connectivity index (χ0n) is 13.7. The normalized spacial score (nSPS) is 13.1. The van der Waals surface area contributed by atoms with Gasteiger partial charge in [-0.25, -0.2) is 4.39 Å². The van der Waals surface area contributed by atoms with Gasteiger partial charge in [-0.15, -0.1) is 0 Å². The van der Waals surface area contributed by atoms with E-state index in [2.05, 4.69) is 32.7 Å². The largest absolute Gasteiger partial charge is 0.321 e. The van der Waals surface area contributed by atoms with Gasteiger partial charge in [-0.2, -0.15) is 0 Å². The van der Waals surface area contributed by atoms with Crippen molar-refractivity contribution in [3.05, 3.63) is 52.5 Å². The fraction of sp³-hybridized carbons (Fsp3) is 0.389. The van der Waals surface area contributed by atoms with Crippen LogP contribution in [0.3, 0.4) is 0 Å². The number of nitrogens with one attached hydrogen (secondary N) is 1. The van der Waals surface area contributed by atoms with E-state index in [4.69, 9.17) is 0 Å². The van der Waals surface area contributed by atoms with Crippen molar-refractivity contribution in [3.8, 4) is 0 Å². The molecule has 0 aliphatic carbocycles. The van der Waals surface area contributed by atoms with Crippen LogP contribution in [0.4, 0.5) is 10.1 Å². The molecule has 0 radical (unpaired) electrons. The molecule has 0 spiro atoms. The molecule has 1 aromatic carbocycles. The first-order valence-corrected chi connectivity index (χ1v) is 8.31. The molecule has 120 valence electrons. The number of amides is 1. The van der Waals surface area contributed by atoms with E-state index >= 15 is 0 Å². The van der Waals surface area contributed by atoms with Gasteiger partial charge in [-0.3, -0.25) is 4.79 Å². The predicted octanol–water partition coefficient (Wildman–Crippen LogP) is 5.69. The van der Waals surface area contributed by atoms with Crippen molar-refractivity contribution in [1.29, 1.82) is 0 Å². The summed E-state index contributed by atoms with van der Waals surface area (Å²) >= 11 is 1.27. The van der Waals surface area contributed by atoms with Crippen LogP contribution in [0.25, 0.3) is 0 Å². The number of allylic oxidation sites excluding steroid dienone is 1. The van der Waals surface area contributed by atoms with Gasteiger partial charge in [0.1, 0.15) is 5.82 Å². The van der Waals surface area contributed by atoms with E-state index in [9.17, 15) is 9.18 Å². The van der Waals surface area contributed by atoms with Crippen molar-refractivity contribution >= 4 is 23.4 Å². The SMILES string of the molecule is C=CS/C(=C/C)C(=O)Nc1ccc(F)cc1C(C)CC(C)C. The molecule has 1 unspecified atom stereocenters. The van der Waals surface area contributed by atoms with Gasteiger partial charge in [0.15, 0.2) is 0 Å². The van der Waals surface area contributed by atoms with Crippen molar-refractivity contribution in [3.63, 3.8) is 0 Å². The minimum Gasteiger partial charge on any atom is -0.321 e. The maximum Gasteiger partial charge on any atom is 0.262 e. The lowest BCUT2D eigenvalue weighted by atomic mass is 9.90. The monoisotopic (exact) mass is 321 g/mol. The summed E-state index contributed by atoms with van der Waals surface area (Å²) in [5.41, 5.74) is 1.50. The molecule has 0 aliphatic heterocycles. The van der Waals surface area contributed by atoms with E-state index in [1.807, 2.05) is 0 Å². The Kier molecular flexibility index (Phi) is 7.39. The van der Waals surface area contributed by atoms with E-state index < -0.39 is 0 Å². The molecule has 4 heteroatoms. The van der Waals surface area contributed by atoms with Crippen molar-refractivity contribution in [1.82, 2.24) is 0 Å². The van der Waals surface area contributed by atoms with Gasteiger partial charge in [0.05, 0.1) is 4.91 Å². The molecular formula is C18H24FNOS. The highest BCUT2D eigenvalue weighted by Gasteiger charge is 2.16. The third kappa shape index (κ3) is 5.34. The van der Waals surface area contributed by atoms with E-state index in [0.29, 0.717) is 16.5 Å². The summed E-state index contributed by atoms with van der Waals surface area (Å²) in [5, 5.41) is 4.50. The second kappa shape index (κ2) is 8.79. The Labute approximate surface area is 136 Å². The maximum atomic E-state index is 13.6. The van der Waals surface area contributed by atoms with Gasteiger partial charge in [0.25, 0.3) is 5.91 Å². The van der Waals surface area contributed by atoms with E-state index in [1.165, 1.54) is 23.9 Å². The summed E-state index contributed by atoms with van der Waals surface area (Å²) in [6.07, 6.45) is 2.67. The van der Waals surface area contributed by atoms with Crippen molar-refractivity contribution < 1.29 is 9.18 Å². The summed E-state index contributed by atoms with van der Waals surface area (Å²) < 4.78 is 13.6. The molecule has 0 saturated heterocycles. The van der Waals surface area contributed by atoms with Gasteiger partial charge in [-0.05, 0) is 54.4 Å². The van der Waals surface area contributed by atoms with Crippen LogP contribution in [0.5, 0.6) is 0 Å². The van der Waals surface area contributed by atoms with Crippen molar-refractivity contribution in [2.75, 3.05) is 5.32 Å². The molecule has 1 N–H and O–H groups in total. The molecule has 1 amide bonds. The van der Waals surface area contributed by atoms with Crippen molar-refractivity contribution in [2.24, 2.45) is 5.92 Å². The zero-order chi connectivity index (χ0) is 16.7. The third-order valence-corrected chi connectivity index (χ3v) is 4.16. The fourth-order valence-corrected chi connectivity index (χ4v) is 2.89. The highest BCUT2D eigenvalue weighted by molar-refractivity contribution is 8.06. The molecule has 0 aromatic heterocycles. The first-order chi connectivity index (χ1) is 10.4. The molecule has 0 aliphatic rings. The number of anilines is 1. The maximum absolute atomic E-state index is 13.6. The summed E-state index contributed by atoms with van der Waals surface area (Å²) in [6.45, 7) is 11.7. The average molecular weight is 321 g/mol. The van der Waals surface area contributed by atoms with Gasteiger partial charge < -0.3 is 5.32 Å². The predicted molar refractivity (Wildman–Crippen MR) is 94.4 cm³/mol. The number of carbonyl (C=O) groups excluding carboxylic acids is 1. The highest BCUT2D eigenvalue weighted by Crippen LogP contribution is 2.31. The number of hydrogen-bond acceptors (Lipinski definition) is 2. The summed E-state index contributed by atoms with van der Waals surface area (Å²) in [4.78, 5) is 12.8. The number of benzene rings is 1. The van der Waals surface area contributed by atoms with Crippen LogP contribution in [0.1, 0.15) is 45.6 Å². The molecule has 2 nitrogen and oxygen atoms in total. The first kappa shape index (κ1) is 18.5. The Morgan fingerprint density at radius 3 is 2.64 bits per heavy atom. The second-order valence-corrected chi connectivity index (χ2v) is 6.66. The van der Waals surface area contributed by atoms with Crippen LogP contribution in [-0.2, 0) is 4.79 Å². The summed E-state index contributed by atoms with van der Waals surface area (Å²) in [7, 11) is 0. The highest BCUT2D eigenvalue weighted by atomic mass is 32.2. The van der Waals surface area contributed by atoms with Crippen LogP contribution < -0.4 is 5.32 Å². The smallest absolute Gasteiger partial charge is 0.262 e. The molecule has 0 heterocycles. The van der Waals surface area contributed by atoms with Gasteiger partial charge in [-0.1, -0.05) is 45.2 Å². The van der Waals surface area contributed by atoms with Crippen molar-refractivity contribution in [2.45, 2.75) is 40.0 Å². The Hall–Kier alpha value is -1.55. The molecule has 0 fully saturated rings. The second-order valence-electron chi connectivity index (χ2n) is 5.65. The van der Waals surface area contributed by atoms with E-state index in [1.54, 1.807) is 24.5 Å². The lowest BCUT2D eigenvalue weighted by Crippen LogP contribution is -2.15. The van der Waals surface area contributed by atoms with Crippen LogP contribution >= 0.6 is 11.8 Å². The Morgan fingerprint density at radius 1 is 1.41 bits per heavy atom. The number of rotatable bonds is 7. The van der Waals surface area contributed by atoms with Crippen LogP contribution in [-0.4, -0.2) is 5.91 Å². The van der Waals surface area contributed by atoms with E-state index in [-0.39, 0.29) is 17.6 Å².